The zero-order valence-corrected chi connectivity index (χ0v) is 18.6. The molecule has 10 heteroatoms. The van der Waals surface area contributed by atoms with Crippen LogP contribution in [0.5, 0.6) is 5.75 Å². The monoisotopic (exact) mass is 474 g/mol. The maximum Gasteiger partial charge on any atom is 0.573 e. The molecule has 0 radical (unpaired) electrons. The van der Waals surface area contributed by atoms with Gasteiger partial charge in [-0.15, -0.1) is 13.2 Å². The van der Waals surface area contributed by atoms with E-state index in [4.69, 9.17) is 5.73 Å². The number of amides is 2. The van der Waals surface area contributed by atoms with Gasteiger partial charge < -0.3 is 20.7 Å². The van der Waals surface area contributed by atoms with E-state index < -0.39 is 6.36 Å². The van der Waals surface area contributed by atoms with Crippen molar-refractivity contribution in [1.29, 1.82) is 0 Å². The van der Waals surface area contributed by atoms with Gasteiger partial charge in [-0.2, -0.15) is 0 Å². The molecule has 2 aromatic rings. The number of nitrogens with zero attached hydrogens (tertiary/aromatic N) is 2. The Balaban J connectivity index is 1.79. The van der Waals surface area contributed by atoms with Crippen molar-refractivity contribution in [1.82, 2.24) is 4.90 Å². The number of piperidine rings is 1. The van der Waals surface area contributed by atoms with Gasteiger partial charge in [-0.3, -0.25) is 14.6 Å². The van der Waals surface area contributed by atoms with Crippen LogP contribution in [0, 0.1) is 5.92 Å². The third-order valence-electron chi connectivity index (χ3n) is 5.47. The molecule has 0 aromatic heterocycles. The number of carbonyl (C=O) groups is 2. The maximum absolute atomic E-state index is 13.0. The lowest BCUT2D eigenvalue weighted by Crippen LogP contribution is -2.41. The Kier molecular flexibility index (Phi) is 7.60. The molecule has 0 aliphatic carbocycles. The molecule has 3 N–H and O–H groups in total. The van der Waals surface area contributed by atoms with Crippen LogP contribution in [-0.2, 0) is 4.79 Å². The molecular weight excluding hydrogens is 449 g/mol. The van der Waals surface area contributed by atoms with Crippen LogP contribution >= 0.6 is 0 Å². The van der Waals surface area contributed by atoms with Gasteiger partial charge in [-0.05, 0) is 62.4 Å². The lowest BCUT2D eigenvalue weighted by Gasteiger charge is -2.30. The van der Waals surface area contributed by atoms with Gasteiger partial charge in [-0.1, -0.05) is 12.6 Å². The molecule has 0 atom stereocenters. The number of anilines is 1. The average molecular weight is 474 g/mol. The number of nitrogens with two attached hydrogens (primary N) is 1. The Morgan fingerprint density at radius 1 is 1.18 bits per heavy atom. The third kappa shape index (κ3) is 6.37. The van der Waals surface area contributed by atoms with E-state index in [0.29, 0.717) is 54.1 Å². The number of primary amides is 1. The minimum Gasteiger partial charge on any atom is -0.406 e. The number of ether oxygens (including phenoxy) is 1. The highest BCUT2D eigenvalue weighted by Gasteiger charge is 2.31. The van der Waals surface area contributed by atoms with Gasteiger partial charge in [0.15, 0.2) is 0 Å². The van der Waals surface area contributed by atoms with E-state index >= 15 is 0 Å². The number of rotatable bonds is 7. The standard InChI is InChI=1S/C24H25F3N4O3/c1-3-29-21-14-17(23(33)31-12-10-16(11-13-31)22(28)32)4-9-20(21)15(2)30-18-5-7-19(8-6-18)34-24(25,26)27/h3-9,14,16,29H,1,10-13H2,2H3,(H2,28,32). The normalized spacial score (nSPS) is 15.1. The number of alkyl halides is 3. The minimum atomic E-state index is -4.76. The number of hydrogen-bond acceptors (Lipinski definition) is 5. The fourth-order valence-electron chi connectivity index (χ4n) is 3.75. The summed E-state index contributed by atoms with van der Waals surface area (Å²) >= 11 is 0. The summed E-state index contributed by atoms with van der Waals surface area (Å²) < 4.78 is 40.9. The fourth-order valence-corrected chi connectivity index (χ4v) is 3.75. The summed E-state index contributed by atoms with van der Waals surface area (Å²) in [5, 5.41) is 3.00. The first-order valence-electron chi connectivity index (χ1n) is 10.6. The first kappa shape index (κ1) is 24.8. The Labute approximate surface area is 195 Å². The summed E-state index contributed by atoms with van der Waals surface area (Å²) in [4.78, 5) is 30.5. The van der Waals surface area contributed by atoms with Gasteiger partial charge in [0.1, 0.15) is 5.75 Å². The van der Waals surface area contributed by atoms with E-state index in [-0.39, 0.29) is 23.5 Å². The van der Waals surface area contributed by atoms with Crippen molar-refractivity contribution in [2.75, 3.05) is 18.4 Å². The Bertz CT molecular complexity index is 1090. The molecule has 0 unspecified atom stereocenters. The maximum atomic E-state index is 13.0. The number of aliphatic imine (C=N–C) groups is 1. The third-order valence-corrected chi connectivity index (χ3v) is 5.47. The Hall–Kier alpha value is -3.82. The summed E-state index contributed by atoms with van der Waals surface area (Å²) in [6.45, 7) is 6.33. The smallest absolute Gasteiger partial charge is 0.406 e. The topological polar surface area (TPSA) is 97.0 Å². The van der Waals surface area contributed by atoms with Crippen LogP contribution in [0.1, 0.15) is 35.7 Å². The summed E-state index contributed by atoms with van der Waals surface area (Å²) in [7, 11) is 0. The van der Waals surface area contributed by atoms with Gasteiger partial charge in [0.2, 0.25) is 5.91 Å². The first-order valence-corrected chi connectivity index (χ1v) is 10.6. The molecule has 34 heavy (non-hydrogen) atoms. The van der Waals surface area contributed by atoms with Crippen LogP contribution in [-0.4, -0.2) is 41.9 Å². The summed E-state index contributed by atoms with van der Waals surface area (Å²) in [5.74, 6) is -1.04. The van der Waals surface area contributed by atoms with Crippen LogP contribution in [0.15, 0.2) is 60.2 Å². The molecule has 1 saturated heterocycles. The number of likely N-dealkylation sites (tertiary alicyclic amines) is 1. The quantitative estimate of drug-likeness (QED) is 0.573. The van der Waals surface area contributed by atoms with Crippen LogP contribution < -0.4 is 15.8 Å². The Morgan fingerprint density at radius 2 is 1.82 bits per heavy atom. The second-order valence-electron chi connectivity index (χ2n) is 7.82. The van der Waals surface area contributed by atoms with Gasteiger partial charge in [0.05, 0.1) is 5.69 Å². The van der Waals surface area contributed by atoms with Gasteiger partial charge in [0.25, 0.3) is 5.91 Å². The second kappa shape index (κ2) is 10.4. The molecule has 1 heterocycles. The van der Waals surface area contributed by atoms with E-state index in [0.717, 1.165) is 0 Å². The molecule has 180 valence electrons. The highest BCUT2D eigenvalue weighted by Crippen LogP contribution is 2.27. The van der Waals surface area contributed by atoms with Crippen molar-refractivity contribution >= 4 is 28.9 Å². The number of halogens is 3. The average Bonchev–Trinajstić information content (AvgIpc) is 2.79. The summed E-state index contributed by atoms with van der Waals surface area (Å²) in [6.07, 6.45) is -2.21. The summed E-state index contributed by atoms with van der Waals surface area (Å²) in [5.41, 5.74) is 8.14. The molecule has 0 saturated carbocycles. The minimum absolute atomic E-state index is 0.156. The predicted octanol–water partition coefficient (Wildman–Crippen LogP) is 4.62. The first-order chi connectivity index (χ1) is 16.1. The van der Waals surface area contributed by atoms with Crippen molar-refractivity contribution < 1.29 is 27.5 Å². The number of nitrogens with one attached hydrogen (secondary N) is 1. The molecule has 7 nitrogen and oxygen atoms in total. The fraction of sp³-hybridized carbons (Fsp3) is 0.292. The van der Waals surface area contributed by atoms with Crippen molar-refractivity contribution in [3.8, 4) is 5.75 Å². The van der Waals surface area contributed by atoms with E-state index in [2.05, 4.69) is 21.6 Å². The van der Waals surface area contributed by atoms with Crippen molar-refractivity contribution in [3.05, 3.63) is 66.4 Å². The molecule has 1 aliphatic rings. The molecule has 2 aromatic carbocycles. The molecule has 2 amide bonds. The van der Waals surface area contributed by atoms with Gasteiger partial charge in [-0.25, -0.2) is 0 Å². The molecule has 3 rings (SSSR count). The largest absolute Gasteiger partial charge is 0.573 e. The van der Waals surface area contributed by atoms with Gasteiger partial charge >= 0.3 is 6.36 Å². The zero-order valence-electron chi connectivity index (χ0n) is 18.6. The number of carbonyl (C=O) groups excluding carboxylic acids is 2. The highest BCUT2D eigenvalue weighted by atomic mass is 19.4. The SMILES string of the molecule is C=CNc1cc(C(=O)N2CCC(C(N)=O)CC2)ccc1C(C)=Nc1ccc(OC(F)(F)F)cc1. The molecule has 1 aliphatic heterocycles. The second-order valence-corrected chi connectivity index (χ2v) is 7.82. The number of hydrogen-bond donors (Lipinski definition) is 2. The van der Waals surface area contributed by atoms with Crippen LogP contribution in [0.4, 0.5) is 24.5 Å². The summed E-state index contributed by atoms with van der Waals surface area (Å²) in [6, 6.07) is 10.3. The van der Waals surface area contributed by atoms with E-state index in [1.165, 1.54) is 30.5 Å². The molecule has 0 spiro atoms. The molecule has 0 bridgehead atoms. The highest BCUT2D eigenvalue weighted by molar-refractivity contribution is 6.06. The van der Waals surface area contributed by atoms with Gasteiger partial charge in [0, 0.05) is 41.5 Å². The lowest BCUT2D eigenvalue weighted by atomic mass is 9.95. The van der Waals surface area contributed by atoms with E-state index in [1.807, 2.05) is 0 Å². The number of benzene rings is 2. The Morgan fingerprint density at radius 3 is 2.38 bits per heavy atom. The van der Waals surface area contributed by atoms with Crippen molar-refractivity contribution in [2.24, 2.45) is 16.6 Å². The van der Waals surface area contributed by atoms with Crippen LogP contribution in [0.2, 0.25) is 0 Å². The van der Waals surface area contributed by atoms with Crippen molar-refractivity contribution in [2.45, 2.75) is 26.1 Å². The zero-order chi connectivity index (χ0) is 24.9. The van der Waals surface area contributed by atoms with E-state index in [9.17, 15) is 22.8 Å². The predicted molar refractivity (Wildman–Crippen MR) is 123 cm³/mol. The van der Waals surface area contributed by atoms with Crippen LogP contribution in [0.25, 0.3) is 0 Å². The lowest BCUT2D eigenvalue weighted by molar-refractivity contribution is -0.274. The molecule has 1 fully saturated rings. The van der Waals surface area contributed by atoms with E-state index in [1.54, 1.807) is 30.0 Å². The van der Waals surface area contributed by atoms with Crippen LogP contribution in [0.3, 0.4) is 0 Å². The van der Waals surface area contributed by atoms with Crippen molar-refractivity contribution in [3.63, 3.8) is 0 Å². The molecular formula is C24H25F3N4O3.